The van der Waals surface area contributed by atoms with Crippen LogP contribution < -0.4 is 21.1 Å². The van der Waals surface area contributed by atoms with Crippen LogP contribution in [-0.4, -0.2) is 31.5 Å². The van der Waals surface area contributed by atoms with Gasteiger partial charge in [-0.05, 0) is 37.2 Å². The van der Waals surface area contributed by atoms with E-state index in [0.29, 0.717) is 24.5 Å². The summed E-state index contributed by atoms with van der Waals surface area (Å²) in [7, 11) is 0. The summed E-state index contributed by atoms with van der Waals surface area (Å²) in [4.78, 5) is 23.4. The number of amides is 2. The van der Waals surface area contributed by atoms with Crippen LogP contribution >= 0.6 is 12.4 Å². The molecule has 0 aliphatic heterocycles. The lowest BCUT2D eigenvalue weighted by atomic mass is 10.3. The van der Waals surface area contributed by atoms with Gasteiger partial charge in [0.15, 0.2) is 12.4 Å². The molecule has 1 aromatic heterocycles. The van der Waals surface area contributed by atoms with Crippen molar-refractivity contribution < 1.29 is 18.7 Å². The Kier molecular flexibility index (Phi) is 8.38. The molecule has 2 aromatic rings. The number of anilines is 1. The highest BCUT2D eigenvalue weighted by Gasteiger charge is 2.09. The zero-order chi connectivity index (χ0) is 16.5. The highest BCUT2D eigenvalue weighted by Crippen LogP contribution is 2.18. The topological polar surface area (TPSA) is 107 Å². The maximum Gasteiger partial charge on any atom is 0.291 e. The molecular weight excluding hydrogens is 334 g/mol. The van der Waals surface area contributed by atoms with Gasteiger partial charge in [-0.15, -0.1) is 12.4 Å². The molecule has 1 aromatic carbocycles. The first-order valence-corrected chi connectivity index (χ1v) is 7.23. The van der Waals surface area contributed by atoms with E-state index in [0.717, 1.165) is 6.42 Å². The van der Waals surface area contributed by atoms with Crippen molar-refractivity contribution in [2.75, 3.05) is 25.0 Å². The standard InChI is InChI=1S/C16H19N3O4.ClH/c17-7-3-8-18-15(20)11-23-13-5-1-4-12(10-13)19-16(21)14-6-2-9-22-14;/h1-2,4-6,9-10H,3,7-8,11,17H2,(H,18,20)(H,19,21);1H. The van der Waals surface area contributed by atoms with Crippen molar-refractivity contribution in [3.63, 3.8) is 0 Å². The maximum absolute atomic E-state index is 11.9. The molecule has 24 heavy (non-hydrogen) atoms. The van der Waals surface area contributed by atoms with Gasteiger partial charge < -0.3 is 25.5 Å². The summed E-state index contributed by atoms with van der Waals surface area (Å²) in [6.45, 7) is 0.955. The summed E-state index contributed by atoms with van der Waals surface area (Å²) in [6, 6.07) is 9.98. The van der Waals surface area contributed by atoms with Crippen LogP contribution in [0.2, 0.25) is 0 Å². The molecule has 0 spiro atoms. The van der Waals surface area contributed by atoms with Crippen LogP contribution in [-0.2, 0) is 4.79 Å². The molecule has 0 saturated heterocycles. The highest BCUT2D eigenvalue weighted by atomic mass is 35.5. The number of ether oxygens (including phenoxy) is 1. The molecule has 2 rings (SSSR count). The molecule has 1 heterocycles. The quantitative estimate of drug-likeness (QED) is 0.627. The Bertz CT molecular complexity index is 647. The number of furan rings is 1. The number of hydrogen-bond donors (Lipinski definition) is 3. The second-order valence-electron chi connectivity index (χ2n) is 4.74. The SMILES string of the molecule is Cl.NCCCNC(=O)COc1cccc(NC(=O)c2ccco2)c1. The molecule has 0 bridgehead atoms. The molecule has 8 heteroatoms. The average Bonchev–Trinajstić information content (AvgIpc) is 3.08. The lowest BCUT2D eigenvalue weighted by molar-refractivity contribution is -0.123. The lowest BCUT2D eigenvalue weighted by Gasteiger charge is -2.09. The third kappa shape index (κ3) is 6.31. The third-order valence-electron chi connectivity index (χ3n) is 2.91. The van der Waals surface area contributed by atoms with Crippen LogP contribution in [0.5, 0.6) is 5.75 Å². The lowest BCUT2D eigenvalue weighted by Crippen LogP contribution is -2.30. The minimum absolute atomic E-state index is 0. The van der Waals surface area contributed by atoms with E-state index in [4.69, 9.17) is 14.9 Å². The van der Waals surface area contributed by atoms with E-state index in [1.807, 2.05) is 0 Å². The predicted octanol–water partition coefficient (Wildman–Crippen LogP) is 1.80. The van der Waals surface area contributed by atoms with E-state index in [-0.39, 0.29) is 36.6 Å². The van der Waals surface area contributed by atoms with E-state index < -0.39 is 0 Å². The third-order valence-corrected chi connectivity index (χ3v) is 2.91. The van der Waals surface area contributed by atoms with Gasteiger partial charge in [0.2, 0.25) is 0 Å². The van der Waals surface area contributed by atoms with Crippen molar-refractivity contribution in [2.24, 2.45) is 5.73 Å². The van der Waals surface area contributed by atoms with Gasteiger partial charge in [0.25, 0.3) is 11.8 Å². The molecule has 0 saturated carbocycles. The van der Waals surface area contributed by atoms with Crippen LogP contribution in [0.25, 0.3) is 0 Å². The Morgan fingerprint density at radius 2 is 2.04 bits per heavy atom. The van der Waals surface area contributed by atoms with Gasteiger partial charge in [-0.3, -0.25) is 9.59 Å². The Morgan fingerprint density at radius 1 is 1.21 bits per heavy atom. The van der Waals surface area contributed by atoms with Gasteiger partial charge in [-0.2, -0.15) is 0 Å². The van der Waals surface area contributed by atoms with E-state index in [1.165, 1.54) is 6.26 Å². The van der Waals surface area contributed by atoms with Crippen LogP contribution in [0.4, 0.5) is 5.69 Å². The number of carbonyl (C=O) groups excluding carboxylic acids is 2. The summed E-state index contributed by atoms with van der Waals surface area (Å²) in [5.74, 6) is 0.127. The van der Waals surface area contributed by atoms with Gasteiger partial charge in [0.05, 0.1) is 6.26 Å². The van der Waals surface area contributed by atoms with E-state index in [9.17, 15) is 9.59 Å². The van der Waals surface area contributed by atoms with Crippen LogP contribution in [0.1, 0.15) is 17.0 Å². The predicted molar refractivity (Wildman–Crippen MR) is 92.5 cm³/mol. The molecule has 2 amide bonds. The Morgan fingerprint density at radius 3 is 2.75 bits per heavy atom. The zero-order valence-corrected chi connectivity index (χ0v) is 13.8. The maximum atomic E-state index is 11.9. The van der Waals surface area contributed by atoms with Gasteiger partial charge >= 0.3 is 0 Å². The normalized spacial score (nSPS) is 9.71. The van der Waals surface area contributed by atoms with Crippen LogP contribution in [0.3, 0.4) is 0 Å². The summed E-state index contributed by atoms with van der Waals surface area (Å²) in [5.41, 5.74) is 5.90. The largest absolute Gasteiger partial charge is 0.484 e. The number of nitrogens with one attached hydrogen (secondary N) is 2. The number of nitrogens with two attached hydrogens (primary N) is 1. The Hall–Kier alpha value is -2.51. The van der Waals surface area contributed by atoms with E-state index in [1.54, 1.807) is 36.4 Å². The fraction of sp³-hybridized carbons (Fsp3) is 0.250. The summed E-state index contributed by atoms with van der Waals surface area (Å²) in [6.07, 6.45) is 2.15. The number of halogens is 1. The summed E-state index contributed by atoms with van der Waals surface area (Å²) in [5, 5.41) is 5.38. The first-order valence-electron chi connectivity index (χ1n) is 7.23. The van der Waals surface area contributed by atoms with Gasteiger partial charge in [-0.1, -0.05) is 6.07 Å². The van der Waals surface area contributed by atoms with E-state index >= 15 is 0 Å². The van der Waals surface area contributed by atoms with Crippen molar-refractivity contribution in [3.05, 3.63) is 48.4 Å². The van der Waals surface area contributed by atoms with Crippen molar-refractivity contribution in [1.82, 2.24) is 5.32 Å². The van der Waals surface area contributed by atoms with Gasteiger partial charge in [0, 0.05) is 18.3 Å². The Balaban J connectivity index is 0.00000288. The molecule has 0 atom stereocenters. The molecular formula is C16H20ClN3O4. The fourth-order valence-corrected chi connectivity index (χ4v) is 1.79. The molecule has 7 nitrogen and oxygen atoms in total. The summed E-state index contributed by atoms with van der Waals surface area (Å²) >= 11 is 0. The minimum Gasteiger partial charge on any atom is -0.484 e. The second kappa shape index (κ2) is 10.3. The van der Waals surface area contributed by atoms with Gasteiger partial charge in [-0.25, -0.2) is 0 Å². The van der Waals surface area contributed by atoms with E-state index in [2.05, 4.69) is 10.6 Å². The monoisotopic (exact) mass is 353 g/mol. The smallest absolute Gasteiger partial charge is 0.291 e. The first kappa shape index (κ1) is 19.5. The zero-order valence-electron chi connectivity index (χ0n) is 13.0. The first-order chi connectivity index (χ1) is 11.2. The minimum atomic E-state index is -0.355. The highest BCUT2D eigenvalue weighted by molar-refractivity contribution is 6.02. The second-order valence-corrected chi connectivity index (χ2v) is 4.74. The van der Waals surface area contributed by atoms with Crippen molar-refractivity contribution in [3.8, 4) is 5.75 Å². The fourth-order valence-electron chi connectivity index (χ4n) is 1.79. The molecule has 0 aliphatic rings. The molecule has 4 N–H and O–H groups in total. The molecule has 130 valence electrons. The molecule has 0 aliphatic carbocycles. The molecule has 0 unspecified atom stereocenters. The number of rotatable bonds is 8. The molecule has 0 fully saturated rings. The van der Waals surface area contributed by atoms with Crippen molar-refractivity contribution >= 4 is 29.9 Å². The van der Waals surface area contributed by atoms with Crippen LogP contribution in [0.15, 0.2) is 47.1 Å². The van der Waals surface area contributed by atoms with Gasteiger partial charge in [0.1, 0.15) is 5.75 Å². The molecule has 0 radical (unpaired) electrons. The number of carbonyl (C=O) groups is 2. The Labute approximate surface area is 146 Å². The van der Waals surface area contributed by atoms with Crippen LogP contribution in [0, 0.1) is 0 Å². The number of hydrogen-bond acceptors (Lipinski definition) is 5. The average molecular weight is 354 g/mol. The summed E-state index contributed by atoms with van der Waals surface area (Å²) < 4.78 is 10.4. The number of benzene rings is 1. The van der Waals surface area contributed by atoms with Crippen molar-refractivity contribution in [1.29, 1.82) is 0 Å². The van der Waals surface area contributed by atoms with Crippen molar-refractivity contribution in [2.45, 2.75) is 6.42 Å².